The number of carbonyl (C=O) groups excluding carboxylic acids is 2. The quantitative estimate of drug-likeness (QED) is 0.337. The Hall–Kier alpha value is -3.35. The first-order chi connectivity index (χ1) is 13.5. The zero-order chi connectivity index (χ0) is 20.1. The number of carbonyl (C=O) groups is 2. The van der Waals surface area contributed by atoms with Crippen LogP contribution in [0.2, 0.25) is 5.02 Å². The number of hydrogen-bond acceptors (Lipinski definition) is 4. The van der Waals surface area contributed by atoms with E-state index < -0.39 is 17.2 Å². The maximum atomic E-state index is 12.6. The van der Waals surface area contributed by atoms with Gasteiger partial charge in [0.1, 0.15) is 11.5 Å². The largest absolute Gasteiger partial charge is 0.457 e. The lowest BCUT2D eigenvalue weighted by Gasteiger charge is -2.29. The van der Waals surface area contributed by atoms with E-state index in [-0.39, 0.29) is 0 Å². The number of nitrogens with two attached hydrogens (primary N) is 1. The van der Waals surface area contributed by atoms with Crippen LogP contribution in [0.3, 0.4) is 0 Å². The summed E-state index contributed by atoms with van der Waals surface area (Å²) in [6.45, 7) is 0. The first kappa shape index (κ1) is 19.4. The van der Waals surface area contributed by atoms with Crippen molar-refractivity contribution < 1.29 is 19.5 Å². The number of amides is 2. The number of rotatable bonds is 6. The lowest BCUT2D eigenvalue weighted by atomic mass is 9.73. The van der Waals surface area contributed by atoms with Crippen molar-refractivity contribution in [3.05, 3.63) is 95.0 Å². The van der Waals surface area contributed by atoms with Crippen LogP contribution in [0.25, 0.3) is 0 Å². The smallest absolute Gasteiger partial charge is 0.268 e. The van der Waals surface area contributed by atoms with Crippen LogP contribution in [0.15, 0.2) is 78.9 Å². The number of hydrogen-bond donors (Lipinski definition) is 3. The highest BCUT2D eigenvalue weighted by Gasteiger charge is 2.48. The normalized spacial score (nSPS) is 12.6. The number of nitrogens with one attached hydrogen (secondary N) is 1. The Bertz CT molecular complexity index is 976. The molecule has 4 N–H and O–H groups in total. The molecule has 3 aromatic rings. The molecule has 3 aromatic carbocycles. The van der Waals surface area contributed by atoms with E-state index in [1.807, 2.05) is 0 Å². The van der Waals surface area contributed by atoms with Gasteiger partial charge in [-0.25, -0.2) is 5.48 Å². The molecule has 3 rings (SSSR count). The molecule has 1 unspecified atom stereocenters. The van der Waals surface area contributed by atoms with E-state index in [4.69, 9.17) is 22.1 Å². The second kappa shape index (κ2) is 8.12. The summed E-state index contributed by atoms with van der Waals surface area (Å²) in [6, 6.07) is 21.4. The van der Waals surface area contributed by atoms with E-state index >= 15 is 0 Å². The summed E-state index contributed by atoms with van der Waals surface area (Å²) in [4.78, 5) is 25.0. The molecule has 0 radical (unpaired) electrons. The summed E-state index contributed by atoms with van der Waals surface area (Å²) in [5, 5.41) is 9.86. The molecule has 0 aromatic heterocycles. The molecule has 0 fully saturated rings. The van der Waals surface area contributed by atoms with Gasteiger partial charge in [-0.15, -0.1) is 0 Å². The van der Waals surface area contributed by atoms with E-state index in [0.29, 0.717) is 27.6 Å². The molecule has 0 saturated carbocycles. The minimum atomic E-state index is -1.89. The highest BCUT2D eigenvalue weighted by molar-refractivity contribution is 6.30. The predicted molar refractivity (Wildman–Crippen MR) is 104 cm³/mol. The van der Waals surface area contributed by atoms with Crippen LogP contribution in [-0.4, -0.2) is 17.0 Å². The number of ether oxygens (including phenoxy) is 1. The number of hydroxylamine groups is 1. The van der Waals surface area contributed by atoms with Gasteiger partial charge in [0.15, 0.2) is 5.41 Å². The van der Waals surface area contributed by atoms with Gasteiger partial charge in [-0.3, -0.25) is 14.8 Å². The number of benzene rings is 3. The maximum absolute atomic E-state index is 12.6. The highest BCUT2D eigenvalue weighted by Crippen LogP contribution is 2.34. The molecule has 2 amide bonds. The Morgan fingerprint density at radius 2 is 1.36 bits per heavy atom. The molecule has 0 aliphatic carbocycles. The SMILES string of the molecule is NC(=O)C(C(=O)NO)(c1ccccc1)c1ccc(Oc2ccc(Cl)cc2)cc1. The van der Waals surface area contributed by atoms with Gasteiger partial charge in [0, 0.05) is 5.02 Å². The van der Waals surface area contributed by atoms with Crippen molar-refractivity contribution in [2.45, 2.75) is 5.41 Å². The van der Waals surface area contributed by atoms with Crippen molar-refractivity contribution in [3.8, 4) is 11.5 Å². The molecule has 7 heteroatoms. The van der Waals surface area contributed by atoms with Crippen LogP contribution in [0, 0.1) is 0 Å². The second-order valence-electron chi connectivity index (χ2n) is 6.00. The van der Waals surface area contributed by atoms with E-state index in [9.17, 15) is 14.8 Å². The maximum Gasteiger partial charge on any atom is 0.268 e. The van der Waals surface area contributed by atoms with Crippen LogP contribution in [0.4, 0.5) is 0 Å². The fourth-order valence-corrected chi connectivity index (χ4v) is 3.13. The number of halogens is 1. The van der Waals surface area contributed by atoms with Crippen molar-refractivity contribution in [1.82, 2.24) is 5.48 Å². The first-order valence-corrected chi connectivity index (χ1v) is 8.70. The van der Waals surface area contributed by atoms with Crippen molar-refractivity contribution in [2.24, 2.45) is 5.73 Å². The van der Waals surface area contributed by atoms with Crippen LogP contribution in [-0.2, 0) is 15.0 Å². The van der Waals surface area contributed by atoms with Gasteiger partial charge in [-0.2, -0.15) is 0 Å². The zero-order valence-corrected chi connectivity index (χ0v) is 15.4. The van der Waals surface area contributed by atoms with E-state index in [2.05, 4.69) is 0 Å². The summed E-state index contributed by atoms with van der Waals surface area (Å²) in [7, 11) is 0. The standard InChI is InChI=1S/C21H17ClN2O4/c22-16-8-12-18(13-9-16)28-17-10-6-15(7-11-17)21(19(23)25,20(26)24-27)14-4-2-1-3-5-14/h1-13,27H,(H2,23,25)(H,24,26). The first-order valence-electron chi connectivity index (χ1n) is 8.32. The molecule has 0 bridgehead atoms. The van der Waals surface area contributed by atoms with Crippen LogP contribution < -0.4 is 16.0 Å². The minimum absolute atomic E-state index is 0.293. The van der Waals surface area contributed by atoms with Crippen molar-refractivity contribution >= 4 is 23.4 Å². The Kier molecular flexibility index (Phi) is 5.63. The number of primary amides is 1. The molecule has 1 atom stereocenters. The summed E-state index contributed by atoms with van der Waals surface area (Å²) in [6.07, 6.45) is 0. The Balaban J connectivity index is 2.02. The molecule has 6 nitrogen and oxygen atoms in total. The molecular weight excluding hydrogens is 380 g/mol. The van der Waals surface area contributed by atoms with E-state index in [1.165, 1.54) is 0 Å². The molecule has 0 saturated heterocycles. The van der Waals surface area contributed by atoms with Gasteiger partial charge in [0.05, 0.1) is 0 Å². The molecule has 0 spiro atoms. The van der Waals surface area contributed by atoms with Crippen molar-refractivity contribution in [1.29, 1.82) is 0 Å². The third kappa shape index (κ3) is 3.55. The average molecular weight is 397 g/mol. The van der Waals surface area contributed by atoms with Gasteiger partial charge in [-0.1, -0.05) is 54.1 Å². The molecule has 0 heterocycles. The van der Waals surface area contributed by atoms with Crippen LogP contribution in [0.1, 0.15) is 11.1 Å². The summed E-state index contributed by atoms with van der Waals surface area (Å²) >= 11 is 5.86. The van der Waals surface area contributed by atoms with Gasteiger partial charge in [-0.05, 0) is 47.5 Å². The third-order valence-corrected chi connectivity index (χ3v) is 4.61. The summed E-state index contributed by atoms with van der Waals surface area (Å²) in [5.41, 5.74) is 5.93. The Morgan fingerprint density at radius 3 is 1.86 bits per heavy atom. The zero-order valence-electron chi connectivity index (χ0n) is 14.6. The molecule has 0 aliphatic heterocycles. The summed E-state index contributed by atoms with van der Waals surface area (Å²) < 4.78 is 5.73. The molecule has 0 aliphatic rings. The van der Waals surface area contributed by atoms with Gasteiger partial charge in [0.2, 0.25) is 5.91 Å². The van der Waals surface area contributed by atoms with Crippen LogP contribution in [0.5, 0.6) is 11.5 Å². The monoisotopic (exact) mass is 396 g/mol. The van der Waals surface area contributed by atoms with Crippen LogP contribution >= 0.6 is 11.6 Å². The molecular formula is C21H17ClN2O4. The topological polar surface area (TPSA) is 102 Å². The highest BCUT2D eigenvalue weighted by atomic mass is 35.5. The third-order valence-electron chi connectivity index (χ3n) is 4.36. The predicted octanol–water partition coefficient (Wildman–Crippen LogP) is 3.41. The molecule has 28 heavy (non-hydrogen) atoms. The lowest BCUT2D eigenvalue weighted by molar-refractivity contribution is -0.140. The van der Waals surface area contributed by atoms with Crippen molar-refractivity contribution in [2.75, 3.05) is 0 Å². The average Bonchev–Trinajstić information content (AvgIpc) is 2.72. The second-order valence-corrected chi connectivity index (χ2v) is 6.44. The van der Waals surface area contributed by atoms with Gasteiger partial charge < -0.3 is 10.5 Å². The lowest BCUT2D eigenvalue weighted by Crippen LogP contribution is -2.53. The Morgan fingerprint density at radius 1 is 0.857 bits per heavy atom. The van der Waals surface area contributed by atoms with E-state index in [1.54, 1.807) is 84.3 Å². The van der Waals surface area contributed by atoms with Gasteiger partial charge in [0.25, 0.3) is 5.91 Å². The fraction of sp³-hybridized carbons (Fsp3) is 0.0476. The minimum Gasteiger partial charge on any atom is -0.457 e. The fourth-order valence-electron chi connectivity index (χ4n) is 3.01. The summed E-state index contributed by atoms with van der Waals surface area (Å²) in [5.74, 6) is -0.800. The molecule has 142 valence electrons. The van der Waals surface area contributed by atoms with E-state index in [0.717, 1.165) is 0 Å². The van der Waals surface area contributed by atoms with Crippen molar-refractivity contribution in [3.63, 3.8) is 0 Å². The Labute approximate surface area is 166 Å². The van der Waals surface area contributed by atoms with Gasteiger partial charge >= 0.3 is 0 Å².